The monoisotopic (exact) mass is 418 g/mol. The molecule has 2 aromatic rings. The number of benzene rings is 1. The third kappa shape index (κ3) is 3.46. The first-order valence-corrected chi connectivity index (χ1v) is 8.27. The third-order valence-electron chi connectivity index (χ3n) is 2.97. The maximum absolute atomic E-state index is 11.1. The number of thiophene rings is 1. The Morgan fingerprint density at radius 1 is 1.40 bits per heavy atom. The highest BCUT2D eigenvalue weighted by molar-refractivity contribution is 9.13. The fourth-order valence-corrected chi connectivity index (χ4v) is 4.16. The van der Waals surface area contributed by atoms with Crippen LogP contribution >= 0.6 is 43.2 Å². The Labute approximate surface area is 137 Å². The molecule has 0 saturated heterocycles. The maximum Gasteiger partial charge on any atom is 0.272 e. The molecule has 0 bridgehead atoms. The summed E-state index contributed by atoms with van der Waals surface area (Å²) in [7, 11) is 1.86. The molecule has 4 nitrogen and oxygen atoms in total. The van der Waals surface area contributed by atoms with E-state index in [1.165, 1.54) is 0 Å². The van der Waals surface area contributed by atoms with E-state index in [0.717, 1.165) is 18.7 Å². The van der Waals surface area contributed by atoms with Gasteiger partial charge in [-0.3, -0.25) is 10.1 Å². The number of hydrogen-bond acceptors (Lipinski definition) is 4. The van der Waals surface area contributed by atoms with E-state index in [9.17, 15) is 10.1 Å². The van der Waals surface area contributed by atoms with E-state index in [1.54, 1.807) is 29.5 Å². The molecule has 0 aliphatic rings. The van der Waals surface area contributed by atoms with Gasteiger partial charge in [-0.15, -0.1) is 11.3 Å². The van der Waals surface area contributed by atoms with Crippen LogP contribution in [-0.4, -0.2) is 12.0 Å². The second kappa shape index (κ2) is 6.80. The van der Waals surface area contributed by atoms with Crippen molar-refractivity contribution in [2.24, 2.45) is 0 Å². The molecule has 0 amide bonds. The number of nitro groups is 1. The second-order valence-corrected chi connectivity index (χ2v) is 7.46. The zero-order valence-electron chi connectivity index (χ0n) is 10.6. The Balaban J connectivity index is 2.29. The summed E-state index contributed by atoms with van der Waals surface area (Å²) in [6, 6.07) is 8.94. The summed E-state index contributed by atoms with van der Waals surface area (Å²) in [5, 5.41) is 14.3. The third-order valence-corrected chi connectivity index (χ3v) is 6.34. The van der Waals surface area contributed by atoms with Crippen molar-refractivity contribution < 1.29 is 4.92 Å². The molecule has 1 atom stereocenters. The molecule has 1 aromatic heterocycles. The summed E-state index contributed by atoms with van der Waals surface area (Å²) in [5.74, 6) is 0. The second-order valence-electron chi connectivity index (χ2n) is 4.20. The van der Waals surface area contributed by atoms with Crippen molar-refractivity contribution in [3.05, 3.63) is 59.1 Å². The minimum atomic E-state index is -0.331. The van der Waals surface area contributed by atoms with Gasteiger partial charge in [0, 0.05) is 27.0 Å². The number of hydrogen-bond donors (Lipinski definition) is 1. The van der Waals surface area contributed by atoms with Crippen LogP contribution in [0.3, 0.4) is 0 Å². The molecule has 1 aromatic carbocycles. The zero-order valence-corrected chi connectivity index (χ0v) is 14.6. The molecule has 106 valence electrons. The number of halogens is 2. The van der Waals surface area contributed by atoms with Gasteiger partial charge < -0.3 is 5.32 Å². The van der Waals surface area contributed by atoms with E-state index < -0.39 is 0 Å². The molecule has 0 saturated carbocycles. The van der Waals surface area contributed by atoms with Gasteiger partial charge in [0.25, 0.3) is 5.69 Å². The summed E-state index contributed by atoms with van der Waals surface area (Å²) < 4.78 is 2.02. The molecule has 1 unspecified atom stereocenters. The number of nitrogens with one attached hydrogen (secondary N) is 1. The number of nitro benzene ring substituents is 1. The van der Waals surface area contributed by atoms with E-state index in [0.29, 0.717) is 6.42 Å². The summed E-state index contributed by atoms with van der Waals surface area (Å²) in [4.78, 5) is 11.9. The Bertz CT molecular complexity index is 611. The van der Waals surface area contributed by atoms with Crippen LogP contribution in [0.1, 0.15) is 16.5 Å². The highest BCUT2D eigenvalue weighted by Crippen LogP contribution is 2.37. The number of likely N-dealkylation sites (N-methyl/N-ethyl adjacent to an activating group) is 1. The van der Waals surface area contributed by atoms with Crippen molar-refractivity contribution in [2.45, 2.75) is 12.5 Å². The highest BCUT2D eigenvalue weighted by atomic mass is 79.9. The lowest BCUT2D eigenvalue weighted by atomic mass is 10.0. The predicted molar refractivity (Wildman–Crippen MR) is 88.3 cm³/mol. The van der Waals surface area contributed by atoms with E-state index >= 15 is 0 Å². The van der Waals surface area contributed by atoms with Gasteiger partial charge in [0.05, 0.1) is 8.71 Å². The summed E-state index contributed by atoms with van der Waals surface area (Å²) in [5.41, 5.74) is 0.903. The Morgan fingerprint density at radius 2 is 2.10 bits per heavy atom. The first kappa shape index (κ1) is 15.6. The van der Waals surface area contributed by atoms with Crippen molar-refractivity contribution in [1.82, 2.24) is 5.32 Å². The van der Waals surface area contributed by atoms with Crippen LogP contribution < -0.4 is 5.32 Å². The van der Waals surface area contributed by atoms with Crippen LogP contribution in [0, 0.1) is 10.1 Å². The van der Waals surface area contributed by atoms with E-state index in [-0.39, 0.29) is 16.7 Å². The molecular weight excluding hydrogens is 408 g/mol. The minimum absolute atomic E-state index is 0.0451. The lowest BCUT2D eigenvalue weighted by molar-refractivity contribution is -0.385. The van der Waals surface area contributed by atoms with Gasteiger partial charge in [-0.2, -0.15) is 0 Å². The molecule has 0 radical (unpaired) electrons. The summed E-state index contributed by atoms with van der Waals surface area (Å²) in [6.07, 6.45) is 0.576. The van der Waals surface area contributed by atoms with E-state index in [2.05, 4.69) is 37.2 Å². The molecule has 0 aliphatic carbocycles. The molecular formula is C13H12Br2N2O2S. The molecule has 0 fully saturated rings. The van der Waals surface area contributed by atoms with Crippen LogP contribution in [0.5, 0.6) is 0 Å². The summed E-state index contributed by atoms with van der Waals surface area (Å²) >= 11 is 8.55. The number of nitrogens with zero attached hydrogens (tertiary/aromatic N) is 1. The average molecular weight is 420 g/mol. The molecule has 7 heteroatoms. The first-order valence-electron chi connectivity index (χ1n) is 5.87. The van der Waals surface area contributed by atoms with Gasteiger partial charge in [0.1, 0.15) is 0 Å². The smallest absolute Gasteiger partial charge is 0.272 e. The van der Waals surface area contributed by atoms with Crippen LogP contribution in [0.4, 0.5) is 5.69 Å². The molecule has 1 N–H and O–H groups in total. The van der Waals surface area contributed by atoms with Crippen molar-refractivity contribution in [3.8, 4) is 0 Å². The van der Waals surface area contributed by atoms with Crippen LogP contribution in [-0.2, 0) is 6.42 Å². The standard InChI is InChI=1S/C13H12Br2N2O2S/c1-16-10(12-7-9(14)13(15)20-12)6-8-4-2-3-5-11(8)17(18)19/h2-5,7,10,16H,6H2,1H3. The number of rotatable bonds is 5. The van der Waals surface area contributed by atoms with Gasteiger partial charge in [-0.05, 0) is 51.4 Å². The van der Waals surface area contributed by atoms with Gasteiger partial charge in [0.2, 0.25) is 0 Å². The quantitative estimate of drug-likeness (QED) is 0.565. The fourth-order valence-electron chi connectivity index (χ4n) is 1.96. The summed E-state index contributed by atoms with van der Waals surface area (Å²) in [6.45, 7) is 0. The van der Waals surface area contributed by atoms with Gasteiger partial charge in [-0.25, -0.2) is 0 Å². The zero-order chi connectivity index (χ0) is 14.7. The molecule has 0 spiro atoms. The Morgan fingerprint density at radius 3 is 2.65 bits per heavy atom. The topological polar surface area (TPSA) is 55.2 Å². The SMILES string of the molecule is CNC(Cc1ccccc1[N+](=O)[O-])c1cc(Br)c(Br)s1. The average Bonchev–Trinajstić information content (AvgIpc) is 2.76. The lowest BCUT2D eigenvalue weighted by Gasteiger charge is -2.14. The molecule has 2 rings (SSSR count). The van der Waals surface area contributed by atoms with E-state index in [4.69, 9.17) is 0 Å². The van der Waals surface area contributed by atoms with Crippen molar-refractivity contribution in [3.63, 3.8) is 0 Å². The maximum atomic E-state index is 11.1. The van der Waals surface area contributed by atoms with Crippen molar-refractivity contribution >= 4 is 48.9 Å². The fraction of sp³-hybridized carbons (Fsp3) is 0.231. The van der Waals surface area contributed by atoms with Gasteiger partial charge >= 0.3 is 0 Å². The van der Waals surface area contributed by atoms with Crippen molar-refractivity contribution in [1.29, 1.82) is 0 Å². The largest absolute Gasteiger partial charge is 0.312 e. The predicted octanol–water partition coefficient (Wildman–Crippen LogP) is 4.68. The van der Waals surface area contributed by atoms with E-state index in [1.807, 2.05) is 19.2 Å². The van der Waals surface area contributed by atoms with Crippen LogP contribution in [0.15, 0.2) is 38.6 Å². The minimum Gasteiger partial charge on any atom is -0.312 e. The molecule has 1 heterocycles. The number of para-hydroxylation sites is 1. The first-order chi connectivity index (χ1) is 9.52. The lowest BCUT2D eigenvalue weighted by Crippen LogP contribution is -2.18. The highest BCUT2D eigenvalue weighted by Gasteiger charge is 2.19. The van der Waals surface area contributed by atoms with Crippen LogP contribution in [0.2, 0.25) is 0 Å². The van der Waals surface area contributed by atoms with Crippen LogP contribution in [0.25, 0.3) is 0 Å². The molecule has 0 aliphatic heterocycles. The van der Waals surface area contributed by atoms with Gasteiger partial charge in [0.15, 0.2) is 0 Å². The van der Waals surface area contributed by atoms with Crippen molar-refractivity contribution in [2.75, 3.05) is 7.05 Å². The molecule has 20 heavy (non-hydrogen) atoms. The normalized spacial score (nSPS) is 12.3. The Hall–Kier alpha value is -0.760. The van der Waals surface area contributed by atoms with Gasteiger partial charge in [-0.1, -0.05) is 18.2 Å². The Kier molecular flexibility index (Phi) is 5.31.